The molecule has 1 aliphatic carbocycles. The van der Waals surface area contributed by atoms with Gasteiger partial charge in [-0.25, -0.2) is 5.01 Å². The molecule has 0 amide bonds. The normalized spacial score (nSPS) is 28.4. The average molecular weight is 377 g/mol. The Morgan fingerprint density at radius 3 is 2.75 bits per heavy atom. The number of nitrogens with zero attached hydrogens (tertiary/aromatic N) is 2. The molecule has 146 valence electrons. The summed E-state index contributed by atoms with van der Waals surface area (Å²) in [6.45, 7) is 4.50. The SMILES string of the molecule is COc1cccc(C2=NN3[C@@H](C2)c2cc(C)ccc2OC32CCC(C)CC2)c1. The monoisotopic (exact) mass is 376 g/mol. The zero-order valence-corrected chi connectivity index (χ0v) is 16.9. The molecule has 1 spiro atoms. The van der Waals surface area contributed by atoms with Crippen LogP contribution in [-0.4, -0.2) is 23.6 Å². The molecule has 3 aliphatic rings. The van der Waals surface area contributed by atoms with Crippen molar-refractivity contribution in [3.63, 3.8) is 0 Å². The Morgan fingerprint density at radius 1 is 1.14 bits per heavy atom. The largest absolute Gasteiger partial charge is 0.497 e. The van der Waals surface area contributed by atoms with Crippen LogP contribution in [0.2, 0.25) is 0 Å². The molecule has 2 aliphatic heterocycles. The second kappa shape index (κ2) is 6.54. The van der Waals surface area contributed by atoms with E-state index in [9.17, 15) is 0 Å². The smallest absolute Gasteiger partial charge is 0.198 e. The Morgan fingerprint density at radius 2 is 1.96 bits per heavy atom. The number of hydrogen-bond acceptors (Lipinski definition) is 4. The Labute approximate surface area is 167 Å². The second-order valence-electron chi connectivity index (χ2n) is 8.62. The highest BCUT2D eigenvalue weighted by atomic mass is 16.5. The van der Waals surface area contributed by atoms with Crippen molar-refractivity contribution in [2.45, 2.75) is 57.7 Å². The molecule has 0 saturated heterocycles. The van der Waals surface area contributed by atoms with Gasteiger partial charge in [0.1, 0.15) is 11.5 Å². The number of rotatable bonds is 2. The minimum atomic E-state index is -0.306. The fourth-order valence-corrected chi connectivity index (χ4v) is 4.92. The van der Waals surface area contributed by atoms with Crippen LogP contribution in [0.5, 0.6) is 11.5 Å². The highest BCUT2D eigenvalue weighted by molar-refractivity contribution is 6.02. The molecule has 0 radical (unpaired) electrons. The molecule has 5 rings (SSSR count). The van der Waals surface area contributed by atoms with Crippen LogP contribution < -0.4 is 9.47 Å². The molecule has 2 aromatic rings. The summed E-state index contributed by atoms with van der Waals surface area (Å²) in [6, 6.07) is 15.1. The Bertz CT molecular complexity index is 928. The maximum Gasteiger partial charge on any atom is 0.198 e. The summed E-state index contributed by atoms with van der Waals surface area (Å²) in [5.74, 6) is 2.68. The molecule has 1 atom stereocenters. The van der Waals surface area contributed by atoms with Crippen molar-refractivity contribution < 1.29 is 9.47 Å². The maximum atomic E-state index is 6.70. The van der Waals surface area contributed by atoms with Crippen LogP contribution in [0, 0.1) is 12.8 Å². The van der Waals surface area contributed by atoms with Gasteiger partial charge in [-0.2, -0.15) is 5.10 Å². The van der Waals surface area contributed by atoms with Gasteiger partial charge in [0.2, 0.25) is 0 Å². The fourth-order valence-electron chi connectivity index (χ4n) is 4.92. The summed E-state index contributed by atoms with van der Waals surface area (Å²) in [6.07, 6.45) is 5.35. The van der Waals surface area contributed by atoms with Crippen LogP contribution in [0.25, 0.3) is 0 Å². The van der Waals surface area contributed by atoms with Gasteiger partial charge in [-0.05, 0) is 43.9 Å². The van der Waals surface area contributed by atoms with Gasteiger partial charge < -0.3 is 9.47 Å². The summed E-state index contributed by atoms with van der Waals surface area (Å²) in [5.41, 5.74) is 4.50. The first kappa shape index (κ1) is 17.6. The van der Waals surface area contributed by atoms with Crippen molar-refractivity contribution in [1.29, 1.82) is 0 Å². The number of ether oxygens (including phenoxy) is 2. The van der Waals surface area contributed by atoms with Gasteiger partial charge in [-0.1, -0.05) is 36.8 Å². The lowest BCUT2D eigenvalue weighted by Gasteiger charge is -2.50. The molecule has 4 heteroatoms. The molecule has 1 fully saturated rings. The van der Waals surface area contributed by atoms with E-state index in [1.165, 1.54) is 24.0 Å². The zero-order valence-electron chi connectivity index (χ0n) is 16.9. The third-order valence-electron chi connectivity index (χ3n) is 6.61. The molecule has 0 N–H and O–H groups in total. The topological polar surface area (TPSA) is 34.1 Å². The summed E-state index contributed by atoms with van der Waals surface area (Å²) < 4.78 is 12.1. The molecule has 0 bridgehead atoms. The maximum absolute atomic E-state index is 6.70. The molecule has 28 heavy (non-hydrogen) atoms. The quantitative estimate of drug-likeness (QED) is 0.698. The lowest BCUT2D eigenvalue weighted by molar-refractivity contribution is -0.145. The first-order chi connectivity index (χ1) is 13.6. The van der Waals surface area contributed by atoms with Crippen molar-refractivity contribution in [2.75, 3.05) is 7.11 Å². The van der Waals surface area contributed by atoms with Crippen LogP contribution in [-0.2, 0) is 0 Å². The Hall–Kier alpha value is -2.49. The molecular weight excluding hydrogens is 348 g/mol. The van der Waals surface area contributed by atoms with Crippen molar-refractivity contribution in [3.05, 3.63) is 59.2 Å². The lowest BCUT2D eigenvalue weighted by atomic mass is 9.82. The van der Waals surface area contributed by atoms with Gasteiger partial charge in [0, 0.05) is 30.4 Å². The predicted octanol–water partition coefficient (Wildman–Crippen LogP) is 5.45. The lowest BCUT2D eigenvalue weighted by Crippen LogP contribution is -2.55. The van der Waals surface area contributed by atoms with Gasteiger partial charge >= 0.3 is 0 Å². The van der Waals surface area contributed by atoms with Crippen molar-refractivity contribution in [2.24, 2.45) is 11.0 Å². The molecule has 0 unspecified atom stereocenters. The number of hydrogen-bond donors (Lipinski definition) is 0. The minimum Gasteiger partial charge on any atom is -0.497 e. The predicted molar refractivity (Wildman–Crippen MR) is 111 cm³/mol. The van der Waals surface area contributed by atoms with E-state index in [1.54, 1.807) is 7.11 Å². The van der Waals surface area contributed by atoms with E-state index >= 15 is 0 Å². The standard InChI is InChI=1S/C24H28N2O2/c1-16-9-11-24(12-10-16)26-22(20-13-17(2)7-8-23(20)28-24)15-21(25-26)18-5-4-6-19(14-18)27-3/h4-8,13-14,16,22H,9-12,15H2,1-3H3/t16?,22-,24?/m0/s1. The number of hydrazone groups is 1. The van der Waals surface area contributed by atoms with E-state index in [2.05, 4.69) is 49.2 Å². The number of benzene rings is 2. The van der Waals surface area contributed by atoms with Gasteiger partial charge in [-0.3, -0.25) is 0 Å². The molecule has 1 saturated carbocycles. The van der Waals surface area contributed by atoms with Crippen LogP contribution >= 0.6 is 0 Å². The molecule has 0 aromatic heterocycles. The van der Waals surface area contributed by atoms with Gasteiger partial charge in [0.25, 0.3) is 0 Å². The molecule has 4 nitrogen and oxygen atoms in total. The second-order valence-corrected chi connectivity index (χ2v) is 8.62. The van der Waals surface area contributed by atoms with Crippen molar-refractivity contribution >= 4 is 5.71 Å². The average Bonchev–Trinajstić information content (AvgIpc) is 3.18. The Kier molecular flexibility index (Phi) is 4.11. The molecule has 2 aromatic carbocycles. The zero-order chi connectivity index (χ0) is 19.3. The van der Waals surface area contributed by atoms with E-state index in [4.69, 9.17) is 14.6 Å². The van der Waals surface area contributed by atoms with Crippen molar-refractivity contribution in [3.8, 4) is 11.5 Å². The third-order valence-corrected chi connectivity index (χ3v) is 6.61. The van der Waals surface area contributed by atoms with Gasteiger partial charge in [-0.15, -0.1) is 0 Å². The summed E-state index contributed by atoms with van der Waals surface area (Å²) in [5, 5.41) is 7.46. The summed E-state index contributed by atoms with van der Waals surface area (Å²) in [7, 11) is 1.71. The Balaban J connectivity index is 1.58. The first-order valence-electron chi connectivity index (χ1n) is 10.4. The first-order valence-corrected chi connectivity index (χ1v) is 10.4. The van der Waals surface area contributed by atoms with Gasteiger partial charge in [0.05, 0.1) is 18.9 Å². The highest BCUT2D eigenvalue weighted by Crippen LogP contribution is 2.52. The highest BCUT2D eigenvalue weighted by Gasteiger charge is 2.51. The summed E-state index contributed by atoms with van der Waals surface area (Å²) in [4.78, 5) is 0. The van der Waals surface area contributed by atoms with Gasteiger partial charge in [0.15, 0.2) is 5.72 Å². The van der Waals surface area contributed by atoms with E-state index in [1.807, 2.05) is 12.1 Å². The number of fused-ring (bicyclic) bond motifs is 4. The fraction of sp³-hybridized carbons (Fsp3) is 0.458. The van der Waals surface area contributed by atoms with Crippen LogP contribution in [0.3, 0.4) is 0 Å². The number of methoxy groups -OCH3 is 1. The minimum absolute atomic E-state index is 0.248. The van der Waals surface area contributed by atoms with E-state index in [-0.39, 0.29) is 11.8 Å². The van der Waals surface area contributed by atoms with E-state index in [0.717, 1.165) is 48.0 Å². The van der Waals surface area contributed by atoms with Crippen molar-refractivity contribution in [1.82, 2.24) is 5.01 Å². The number of aryl methyl sites for hydroxylation is 1. The van der Waals surface area contributed by atoms with Crippen LogP contribution in [0.4, 0.5) is 0 Å². The van der Waals surface area contributed by atoms with E-state index in [0.29, 0.717) is 0 Å². The molecule has 2 heterocycles. The van der Waals surface area contributed by atoms with Crippen LogP contribution in [0.15, 0.2) is 47.6 Å². The van der Waals surface area contributed by atoms with E-state index < -0.39 is 0 Å². The summed E-state index contributed by atoms with van der Waals surface area (Å²) >= 11 is 0. The van der Waals surface area contributed by atoms with Crippen LogP contribution in [0.1, 0.15) is 61.8 Å². The molecular formula is C24H28N2O2. The third kappa shape index (κ3) is 2.78.